The van der Waals surface area contributed by atoms with Gasteiger partial charge in [-0.2, -0.15) is 0 Å². The van der Waals surface area contributed by atoms with E-state index in [1.807, 2.05) is 6.07 Å². The van der Waals surface area contributed by atoms with Crippen molar-refractivity contribution in [1.82, 2.24) is 0 Å². The van der Waals surface area contributed by atoms with Crippen LogP contribution in [0.4, 0.5) is 0 Å². The molecule has 2 rings (SSSR count). The number of ketones is 1. The second-order valence-electron chi connectivity index (χ2n) is 3.79. The van der Waals surface area contributed by atoms with Crippen LogP contribution in [0.5, 0.6) is 5.75 Å². The summed E-state index contributed by atoms with van der Waals surface area (Å²) in [6, 6.07) is 12.7. The summed E-state index contributed by atoms with van der Waals surface area (Å²) in [4.78, 5) is 23.2. The molecule has 0 aliphatic heterocycles. The number of aromatic hydroxyl groups is 1. The molecule has 3 N–H and O–H groups in total. The lowest BCUT2D eigenvalue weighted by atomic mass is 10.0. The van der Waals surface area contributed by atoms with Gasteiger partial charge in [0, 0.05) is 11.1 Å². The number of primary amides is 1. The first kappa shape index (κ1) is 11.9. The van der Waals surface area contributed by atoms with Crippen LogP contribution in [0.2, 0.25) is 0 Å². The van der Waals surface area contributed by atoms with Gasteiger partial charge in [-0.15, -0.1) is 0 Å². The van der Waals surface area contributed by atoms with Crippen LogP contribution in [0, 0.1) is 0 Å². The van der Waals surface area contributed by atoms with Gasteiger partial charge in [0.05, 0.1) is 5.56 Å². The third-order valence-electron chi connectivity index (χ3n) is 2.56. The summed E-state index contributed by atoms with van der Waals surface area (Å²) in [5.74, 6) is -1.22. The van der Waals surface area contributed by atoms with Crippen LogP contribution in [0.25, 0.3) is 0 Å². The Hall–Kier alpha value is -2.62. The molecule has 90 valence electrons. The number of carbonyl (C=O) groups is 2. The lowest BCUT2D eigenvalue weighted by molar-refractivity contribution is 0.0997. The van der Waals surface area contributed by atoms with E-state index in [2.05, 4.69) is 0 Å². The summed E-state index contributed by atoms with van der Waals surface area (Å²) >= 11 is 0. The van der Waals surface area contributed by atoms with Gasteiger partial charge in [-0.1, -0.05) is 30.3 Å². The fourth-order valence-electron chi connectivity index (χ4n) is 1.63. The molecule has 0 atom stereocenters. The summed E-state index contributed by atoms with van der Waals surface area (Å²) in [6.07, 6.45) is 0. The molecule has 0 aromatic heterocycles. The van der Waals surface area contributed by atoms with Gasteiger partial charge in [0.15, 0.2) is 5.78 Å². The SMILES string of the molecule is NC(=O)c1cc(C(=O)c2ccccc2)ccc1O. The minimum absolute atomic E-state index is 0.0585. The van der Waals surface area contributed by atoms with Crippen molar-refractivity contribution in [2.45, 2.75) is 0 Å². The topological polar surface area (TPSA) is 80.4 Å². The van der Waals surface area contributed by atoms with Crippen LogP contribution in [0.3, 0.4) is 0 Å². The maximum atomic E-state index is 12.1. The van der Waals surface area contributed by atoms with E-state index in [0.29, 0.717) is 11.1 Å². The standard InChI is InChI=1S/C14H11NO3/c15-14(18)11-8-10(6-7-12(11)16)13(17)9-4-2-1-3-5-9/h1-8,16H,(H2,15,18). The number of benzene rings is 2. The van der Waals surface area contributed by atoms with E-state index in [0.717, 1.165) is 0 Å². The summed E-state index contributed by atoms with van der Waals surface area (Å²) in [5, 5.41) is 9.45. The number of hydrogen-bond donors (Lipinski definition) is 2. The van der Waals surface area contributed by atoms with Crippen LogP contribution >= 0.6 is 0 Å². The number of nitrogens with two attached hydrogens (primary N) is 1. The molecule has 0 saturated carbocycles. The van der Waals surface area contributed by atoms with Crippen molar-refractivity contribution in [2.75, 3.05) is 0 Å². The molecule has 18 heavy (non-hydrogen) atoms. The van der Waals surface area contributed by atoms with Crippen molar-refractivity contribution >= 4 is 11.7 Å². The predicted molar refractivity (Wildman–Crippen MR) is 66.5 cm³/mol. The highest BCUT2D eigenvalue weighted by Gasteiger charge is 2.13. The van der Waals surface area contributed by atoms with Gasteiger partial charge in [0.2, 0.25) is 0 Å². The number of hydrogen-bond acceptors (Lipinski definition) is 3. The maximum absolute atomic E-state index is 12.1. The molecule has 0 unspecified atom stereocenters. The lowest BCUT2D eigenvalue weighted by Gasteiger charge is -2.04. The fraction of sp³-hybridized carbons (Fsp3) is 0. The van der Waals surface area contributed by atoms with Gasteiger partial charge >= 0.3 is 0 Å². The van der Waals surface area contributed by atoms with E-state index < -0.39 is 5.91 Å². The number of amides is 1. The van der Waals surface area contributed by atoms with Gasteiger partial charge in [-0.3, -0.25) is 9.59 Å². The van der Waals surface area contributed by atoms with Gasteiger partial charge < -0.3 is 10.8 Å². The molecule has 2 aromatic rings. The number of rotatable bonds is 3. The van der Waals surface area contributed by atoms with E-state index in [9.17, 15) is 14.7 Å². The number of phenols is 1. The minimum Gasteiger partial charge on any atom is -0.507 e. The van der Waals surface area contributed by atoms with E-state index in [-0.39, 0.29) is 17.1 Å². The molecule has 4 heteroatoms. The lowest BCUT2D eigenvalue weighted by Crippen LogP contribution is -2.12. The van der Waals surface area contributed by atoms with Crippen LogP contribution in [-0.2, 0) is 0 Å². The summed E-state index contributed by atoms with van der Waals surface area (Å²) in [7, 11) is 0. The third-order valence-corrected chi connectivity index (χ3v) is 2.56. The fourth-order valence-corrected chi connectivity index (χ4v) is 1.63. The van der Waals surface area contributed by atoms with Crippen LogP contribution in [0.1, 0.15) is 26.3 Å². The molecule has 0 fully saturated rings. The molecule has 0 bridgehead atoms. The van der Waals surface area contributed by atoms with Crippen molar-refractivity contribution in [3.05, 3.63) is 65.2 Å². The second-order valence-corrected chi connectivity index (χ2v) is 3.79. The van der Waals surface area contributed by atoms with Gasteiger partial charge in [0.1, 0.15) is 5.75 Å². The van der Waals surface area contributed by atoms with E-state index in [1.54, 1.807) is 24.3 Å². The smallest absolute Gasteiger partial charge is 0.252 e. The number of carbonyl (C=O) groups excluding carboxylic acids is 2. The van der Waals surface area contributed by atoms with Gasteiger partial charge in [0.25, 0.3) is 5.91 Å². The van der Waals surface area contributed by atoms with Gasteiger partial charge in [-0.05, 0) is 18.2 Å². The molecule has 1 amide bonds. The molecular weight excluding hydrogens is 230 g/mol. The first-order valence-electron chi connectivity index (χ1n) is 5.32. The zero-order valence-corrected chi connectivity index (χ0v) is 9.46. The Labute approximate surface area is 104 Å². The van der Waals surface area contributed by atoms with Crippen molar-refractivity contribution in [1.29, 1.82) is 0 Å². The quantitative estimate of drug-likeness (QED) is 0.803. The van der Waals surface area contributed by atoms with Crippen molar-refractivity contribution < 1.29 is 14.7 Å². The summed E-state index contributed by atoms with van der Waals surface area (Å²) in [6.45, 7) is 0. The Bertz CT molecular complexity index is 606. The second kappa shape index (κ2) is 4.71. The normalized spacial score (nSPS) is 10.0. The average Bonchev–Trinajstić information content (AvgIpc) is 2.39. The highest BCUT2D eigenvalue weighted by atomic mass is 16.3. The van der Waals surface area contributed by atoms with Gasteiger partial charge in [-0.25, -0.2) is 0 Å². The molecule has 4 nitrogen and oxygen atoms in total. The minimum atomic E-state index is -0.768. The van der Waals surface area contributed by atoms with Crippen LogP contribution < -0.4 is 5.73 Å². The van der Waals surface area contributed by atoms with Crippen molar-refractivity contribution in [3.63, 3.8) is 0 Å². The van der Waals surface area contributed by atoms with E-state index >= 15 is 0 Å². The third kappa shape index (κ3) is 2.22. The molecule has 0 aliphatic rings. The molecule has 0 aliphatic carbocycles. The molecule has 0 heterocycles. The molecule has 2 aromatic carbocycles. The molecule has 0 spiro atoms. The van der Waals surface area contributed by atoms with Crippen LogP contribution in [-0.4, -0.2) is 16.8 Å². The highest BCUT2D eigenvalue weighted by Crippen LogP contribution is 2.19. The Morgan fingerprint density at radius 1 is 0.944 bits per heavy atom. The van der Waals surface area contributed by atoms with E-state index in [4.69, 9.17) is 5.73 Å². The molecular formula is C14H11NO3. The summed E-state index contributed by atoms with van der Waals surface area (Å²) in [5.41, 5.74) is 5.88. The Morgan fingerprint density at radius 2 is 1.61 bits per heavy atom. The maximum Gasteiger partial charge on any atom is 0.252 e. The first-order valence-corrected chi connectivity index (χ1v) is 5.32. The Balaban J connectivity index is 2.44. The monoisotopic (exact) mass is 241 g/mol. The predicted octanol–water partition coefficient (Wildman–Crippen LogP) is 1.72. The Kier molecular flexibility index (Phi) is 3.10. The summed E-state index contributed by atoms with van der Waals surface area (Å²) < 4.78 is 0. The highest BCUT2D eigenvalue weighted by molar-refractivity contribution is 6.10. The first-order chi connectivity index (χ1) is 8.59. The van der Waals surface area contributed by atoms with Crippen molar-refractivity contribution in [3.8, 4) is 5.75 Å². The molecule has 0 radical (unpaired) electrons. The van der Waals surface area contributed by atoms with E-state index in [1.165, 1.54) is 18.2 Å². The molecule has 0 saturated heterocycles. The average molecular weight is 241 g/mol. The van der Waals surface area contributed by atoms with Crippen LogP contribution in [0.15, 0.2) is 48.5 Å². The Morgan fingerprint density at radius 3 is 2.22 bits per heavy atom. The largest absolute Gasteiger partial charge is 0.507 e. The zero-order chi connectivity index (χ0) is 13.1. The van der Waals surface area contributed by atoms with Crippen molar-refractivity contribution in [2.24, 2.45) is 5.73 Å². The zero-order valence-electron chi connectivity index (χ0n) is 9.46.